The van der Waals surface area contributed by atoms with Gasteiger partial charge in [0, 0.05) is 32.7 Å². The molecule has 10 nitrogen and oxygen atoms in total. The Balaban J connectivity index is 0.00000420. The Morgan fingerprint density at radius 2 is 1.69 bits per heavy atom. The molecule has 1 atom stereocenters. The summed E-state index contributed by atoms with van der Waals surface area (Å²) in [5.41, 5.74) is 0.339. The van der Waals surface area contributed by atoms with Crippen LogP contribution in [-0.2, 0) is 10.1 Å². The van der Waals surface area contributed by atoms with Crippen molar-refractivity contribution < 1.29 is 66.6 Å². The normalized spacial score (nSPS) is 16.0. The first-order valence-corrected chi connectivity index (χ1v) is 10.2. The number of amides is 1. The fourth-order valence-electron chi connectivity index (χ4n) is 3.16. The molecule has 29 heavy (non-hydrogen) atoms. The van der Waals surface area contributed by atoms with Gasteiger partial charge in [-0.2, -0.15) is 0 Å². The van der Waals surface area contributed by atoms with E-state index in [2.05, 4.69) is 0 Å². The average molecular weight is 440 g/mol. The smallest absolute Gasteiger partial charge is 0.748 e. The van der Waals surface area contributed by atoms with Gasteiger partial charge < -0.3 is 28.8 Å². The van der Waals surface area contributed by atoms with Gasteiger partial charge in [-0.1, -0.05) is 0 Å². The van der Waals surface area contributed by atoms with E-state index in [1.165, 1.54) is 21.3 Å². The van der Waals surface area contributed by atoms with Crippen LogP contribution in [0.3, 0.4) is 0 Å². The number of rotatable bonds is 8. The molecular formula is C17H25N2NaO8S. The van der Waals surface area contributed by atoms with Gasteiger partial charge in [-0.15, -0.1) is 0 Å². The standard InChI is InChI=1S/C17H26N2O8S.Na/c1-25-14-5-4-13(15(26-2)16(14)27-3)17(21)19-8-6-18(7-9-19)10-12(20)11-28(22,23)24;/h4-5,12,20H,6-11H2,1-3H3,(H,22,23,24);/q;+1/p-1. The number of β-amino-alcohol motifs (C(OH)–C–C–N with tert-alkyl or cyclic N) is 1. The van der Waals surface area contributed by atoms with Crippen molar-refractivity contribution in [2.75, 3.05) is 59.8 Å². The number of carbonyl (C=O) groups is 1. The van der Waals surface area contributed by atoms with Gasteiger partial charge in [-0.05, 0) is 12.1 Å². The minimum Gasteiger partial charge on any atom is -0.748 e. The second-order valence-electron chi connectivity index (χ2n) is 6.35. The minimum atomic E-state index is -4.48. The van der Waals surface area contributed by atoms with Crippen LogP contribution in [0, 0.1) is 0 Å². The molecule has 1 amide bonds. The van der Waals surface area contributed by atoms with E-state index in [0.717, 1.165) is 0 Å². The fraction of sp³-hybridized carbons (Fsp3) is 0.588. The summed E-state index contributed by atoms with van der Waals surface area (Å²) in [6, 6.07) is 3.24. The first kappa shape index (κ1) is 26.0. The van der Waals surface area contributed by atoms with Crippen molar-refractivity contribution in [2.24, 2.45) is 0 Å². The summed E-state index contributed by atoms with van der Waals surface area (Å²) in [5.74, 6) is -0.000386. The SMILES string of the molecule is COc1ccc(C(=O)N2CCN(CC(O)CS(=O)(=O)[O-])CC2)c(OC)c1OC.[Na+]. The molecular weight excluding hydrogens is 415 g/mol. The number of hydrogen-bond donors (Lipinski definition) is 1. The third-order valence-electron chi connectivity index (χ3n) is 4.46. The Hall–Kier alpha value is -1.08. The summed E-state index contributed by atoms with van der Waals surface area (Å²) in [5, 5.41) is 9.72. The molecule has 158 valence electrons. The van der Waals surface area contributed by atoms with Gasteiger partial charge in [0.1, 0.15) is 0 Å². The van der Waals surface area contributed by atoms with Gasteiger partial charge in [-0.25, -0.2) is 8.42 Å². The third-order valence-corrected chi connectivity index (χ3v) is 5.25. The number of piperazine rings is 1. The van der Waals surface area contributed by atoms with E-state index in [4.69, 9.17) is 14.2 Å². The number of methoxy groups -OCH3 is 3. The largest absolute Gasteiger partial charge is 1.00 e. The van der Waals surface area contributed by atoms with E-state index >= 15 is 0 Å². The van der Waals surface area contributed by atoms with Gasteiger partial charge in [0.25, 0.3) is 5.91 Å². The summed E-state index contributed by atoms with van der Waals surface area (Å²) < 4.78 is 48.1. The molecule has 1 N–H and O–H groups in total. The van der Waals surface area contributed by atoms with Crippen LogP contribution < -0.4 is 43.8 Å². The maximum absolute atomic E-state index is 12.9. The zero-order valence-corrected chi connectivity index (χ0v) is 19.9. The monoisotopic (exact) mass is 440 g/mol. The van der Waals surface area contributed by atoms with Crippen molar-refractivity contribution in [2.45, 2.75) is 6.10 Å². The third kappa shape index (κ3) is 6.99. The molecule has 0 aromatic heterocycles. The van der Waals surface area contributed by atoms with E-state index in [0.29, 0.717) is 43.2 Å². The van der Waals surface area contributed by atoms with E-state index in [9.17, 15) is 22.9 Å². The van der Waals surface area contributed by atoms with Gasteiger partial charge in [0.05, 0.1) is 48.9 Å². The summed E-state index contributed by atoms with van der Waals surface area (Å²) in [6.45, 7) is 1.71. The first-order valence-electron chi connectivity index (χ1n) is 8.62. The van der Waals surface area contributed by atoms with Crippen molar-refractivity contribution in [3.8, 4) is 17.2 Å². The van der Waals surface area contributed by atoms with Crippen LogP contribution in [0.4, 0.5) is 0 Å². The molecule has 1 fully saturated rings. The van der Waals surface area contributed by atoms with Crippen LogP contribution >= 0.6 is 0 Å². The summed E-state index contributed by atoms with van der Waals surface area (Å²) >= 11 is 0. The second-order valence-corrected chi connectivity index (χ2v) is 7.80. The van der Waals surface area contributed by atoms with Crippen LogP contribution in [0.5, 0.6) is 17.2 Å². The minimum absolute atomic E-state index is 0. The molecule has 0 spiro atoms. The Bertz CT molecular complexity index is 797. The number of hydrogen-bond acceptors (Lipinski definition) is 9. The van der Waals surface area contributed by atoms with Crippen molar-refractivity contribution in [1.29, 1.82) is 0 Å². The fourth-order valence-corrected chi connectivity index (χ4v) is 3.74. The summed E-state index contributed by atoms with van der Waals surface area (Å²) in [7, 11) is -0.0900. The number of ether oxygens (including phenoxy) is 3. The summed E-state index contributed by atoms with van der Waals surface area (Å²) in [6.07, 6.45) is -1.25. The molecule has 0 bridgehead atoms. The molecule has 0 saturated carbocycles. The molecule has 1 aliphatic heterocycles. The predicted octanol–water partition coefficient (Wildman–Crippen LogP) is -3.62. The van der Waals surface area contributed by atoms with Crippen molar-refractivity contribution in [3.63, 3.8) is 0 Å². The van der Waals surface area contributed by atoms with Crippen LogP contribution in [0.2, 0.25) is 0 Å². The van der Waals surface area contributed by atoms with Gasteiger partial charge in [0.2, 0.25) is 5.75 Å². The van der Waals surface area contributed by atoms with E-state index in [-0.39, 0.29) is 47.8 Å². The molecule has 2 rings (SSSR count). The number of carbonyl (C=O) groups excluding carboxylic acids is 1. The molecule has 1 aliphatic rings. The molecule has 1 saturated heterocycles. The van der Waals surface area contributed by atoms with Gasteiger partial charge in [0.15, 0.2) is 11.5 Å². The maximum atomic E-state index is 12.9. The first-order chi connectivity index (χ1) is 13.2. The van der Waals surface area contributed by atoms with Crippen molar-refractivity contribution in [3.05, 3.63) is 17.7 Å². The quantitative estimate of drug-likeness (QED) is 0.322. The molecule has 0 radical (unpaired) electrons. The number of aliphatic hydroxyl groups is 1. The molecule has 1 heterocycles. The summed E-state index contributed by atoms with van der Waals surface area (Å²) in [4.78, 5) is 16.4. The Labute approximate surface area is 192 Å². The number of nitrogens with zero attached hydrogens (tertiary/aromatic N) is 2. The average Bonchev–Trinajstić information content (AvgIpc) is 2.65. The Morgan fingerprint density at radius 3 is 2.17 bits per heavy atom. The number of benzene rings is 1. The van der Waals surface area contributed by atoms with Crippen LogP contribution in [-0.4, -0.2) is 99.7 Å². The Kier molecular flexibility index (Phi) is 10.2. The molecule has 1 aromatic carbocycles. The zero-order valence-electron chi connectivity index (χ0n) is 17.1. The number of aliphatic hydroxyl groups excluding tert-OH is 1. The van der Waals surface area contributed by atoms with Crippen LogP contribution in [0.25, 0.3) is 0 Å². The zero-order chi connectivity index (χ0) is 20.9. The van der Waals surface area contributed by atoms with E-state index < -0.39 is 22.0 Å². The molecule has 0 aliphatic carbocycles. The molecule has 12 heteroatoms. The van der Waals surface area contributed by atoms with Crippen molar-refractivity contribution >= 4 is 16.0 Å². The Morgan fingerprint density at radius 1 is 1.10 bits per heavy atom. The topological polar surface area (TPSA) is 129 Å². The van der Waals surface area contributed by atoms with Crippen LogP contribution in [0.1, 0.15) is 10.4 Å². The maximum Gasteiger partial charge on any atom is 1.00 e. The van der Waals surface area contributed by atoms with Gasteiger partial charge in [-0.3, -0.25) is 9.69 Å². The van der Waals surface area contributed by atoms with E-state index in [1.807, 2.05) is 4.90 Å². The van der Waals surface area contributed by atoms with Crippen molar-refractivity contribution in [1.82, 2.24) is 9.80 Å². The van der Waals surface area contributed by atoms with E-state index in [1.54, 1.807) is 17.0 Å². The second kappa shape index (κ2) is 11.3. The molecule has 1 aromatic rings. The molecule has 1 unspecified atom stereocenters. The predicted molar refractivity (Wildman–Crippen MR) is 99.0 cm³/mol. The van der Waals surface area contributed by atoms with Crippen LogP contribution in [0.15, 0.2) is 12.1 Å². The van der Waals surface area contributed by atoms with Gasteiger partial charge >= 0.3 is 29.6 Å².